The Morgan fingerprint density at radius 1 is 1.04 bits per heavy atom. The van der Waals surface area contributed by atoms with Crippen LogP contribution >= 0.6 is 0 Å². The van der Waals surface area contributed by atoms with Crippen LogP contribution in [0.3, 0.4) is 0 Å². The van der Waals surface area contributed by atoms with Crippen molar-refractivity contribution in [1.29, 1.82) is 0 Å². The minimum Gasteiger partial charge on any atom is -0.478 e. The van der Waals surface area contributed by atoms with Crippen LogP contribution in [0.5, 0.6) is 5.75 Å². The highest BCUT2D eigenvalue weighted by Gasteiger charge is 2.19. The molecule has 10 heteroatoms. The molecule has 28 heavy (non-hydrogen) atoms. The molecule has 0 saturated carbocycles. The molecule has 0 bridgehead atoms. The number of carbonyl (C=O) groups excluding carboxylic acids is 2. The first-order valence-electron chi connectivity index (χ1n) is 8.17. The lowest BCUT2D eigenvalue weighted by molar-refractivity contribution is -0.132. The maximum atomic E-state index is 13.5. The number of hydrazine groups is 1. The Labute approximate surface area is 160 Å². The summed E-state index contributed by atoms with van der Waals surface area (Å²) in [5.41, 5.74) is 4.14. The Balaban J connectivity index is 1.80. The van der Waals surface area contributed by atoms with E-state index in [0.29, 0.717) is 0 Å². The lowest BCUT2D eigenvalue weighted by Gasteiger charge is -2.15. The van der Waals surface area contributed by atoms with Crippen LogP contribution in [-0.4, -0.2) is 32.1 Å². The van der Waals surface area contributed by atoms with Gasteiger partial charge in [0.25, 0.3) is 5.91 Å². The molecule has 2 aromatic carbocycles. The van der Waals surface area contributed by atoms with Gasteiger partial charge in [-0.2, -0.15) is 0 Å². The van der Waals surface area contributed by atoms with Gasteiger partial charge in [-0.25, -0.2) is 17.2 Å². The first kappa shape index (κ1) is 21.3. The lowest BCUT2D eigenvalue weighted by atomic mass is 10.3. The summed E-state index contributed by atoms with van der Waals surface area (Å²) >= 11 is 0. The zero-order chi connectivity index (χ0) is 20.7. The third-order valence-electron chi connectivity index (χ3n) is 3.61. The van der Waals surface area contributed by atoms with Crippen molar-refractivity contribution in [1.82, 2.24) is 10.9 Å². The van der Waals surface area contributed by atoms with E-state index in [0.717, 1.165) is 24.3 Å². The second-order valence-corrected chi connectivity index (χ2v) is 7.86. The van der Waals surface area contributed by atoms with Gasteiger partial charge in [-0.05, 0) is 43.3 Å². The molecule has 0 spiro atoms. The highest BCUT2D eigenvalue weighted by molar-refractivity contribution is 7.91. The largest absolute Gasteiger partial charge is 0.478 e. The second kappa shape index (κ2) is 9.27. The molecule has 1 atom stereocenters. The molecule has 0 radical (unpaired) electrons. The van der Waals surface area contributed by atoms with Gasteiger partial charge in [0.15, 0.2) is 27.5 Å². The molecule has 7 nitrogen and oxygen atoms in total. The molecule has 0 saturated heterocycles. The van der Waals surface area contributed by atoms with Gasteiger partial charge in [-0.15, -0.1) is 0 Å². The highest BCUT2D eigenvalue weighted by atomic mass is 32.2. The number of hydrogen-bond acceptors (Lipinski definition) is 5. The van der Waals surface area contributed by atoms with Crippen molar-refractivity contribution in [2.75, 3.05) is 5.75 Å². The van der Waals surface area contributed by atoms with Crippen LogP contribution in [0, 0.1) is 11.6 Å². The minimum absolute atomic E-state index is 0.113. The Kier molecular flexibility index (Phi) is 7.05. The summed E-state index contributed by atoms with van der Waals surface area (Å²) in [6.07, 6.45) is -1.54. The maximum absolute atomic E-state index is 13.5. The number of halogens is 2. The zero-order valence-corrected chi connectivity index (χ0v) is 15.6. The third-order valence-corrected chi connectivity index (χ3v) is 5.34. The van der Waals surface area contributed by atoms with Crippen molar-refractivity contribution in [3.05, 3.63) is 60.2 Å². The van der Waals surface area contributed by atoms with Crippen molar-refractivity contribution in [3.8, 4) is 5.75 Å². The average Bonchev–Trinajstić information content (AvgIpc) is 2.66. The van der Waals surface area contributed by atoms with Crippen LogP contribution in [0.2, 0.25) is 0 Å². The number of ether oxygens (including phenoxy) is 1. The summed E-state index contributed by atoms with van der Waals surface area (Å²) < 4.78 is 55.7. The van der Waals surface area contributed by atoms with Gasteiger partial charge in [-0.1, -0.05) is 12.1 Å². The number of amides is 2. The Bertz CT molecular complexity index is 949. The van der Waals surface area contributed by atoms with E-state index in [4.69, 9.17) is 4.74 Å². The normalized spacial score (nSPS) is 12.1. The van der Waals surface area contributed by atoms with Crippen molar-refractivity contribution >= 4 is 21.7 Å². The fourth-order valence-electron chi connectivity index (χ4n) is 2.07. The van der Waals surface area contributed by atoms with E-state index in [2.05, 4.69) is 10.9 Å². The Hall–Kier alpha value is -3.01. The molecule has 2 aromatic rings. The van der Waals surface area contributed by atoms with Crippen LogP contribution < -0.4 is 15.6 Å². The fourth-order valence-corrected chi connectivity index (χ4v) is 3.31. The van der Waals surface area contributed by atoms with Crippen molar-refractivity contribution in [2.45, 2.75) is 24.3 Å². The van der Waals surface area contributed by atoms with Gasteiger partial charge >= 0.3 is 0 Å². The number of carbonyl (C=O) groups is 2. The molecule has 0 fully saturated rings. The monoisotopic (exact) mass is 412 g/mol. The van der Waals surface area contributed by atoms with E-state index in [-0.39, 0.29) is 10.6 Å². The SMILES string of the molecule is C[C@@H](Oc1ccccc1F)C(=O)NNC(=O)CCS(=O)(=O)c1ccc(F)cc1. The van der Waals surface area contributed by atoms with E-state index in [1.165, 1.54) is 31.2 Å². The molecular formula is C18H18F2N2O5S. The lowest BCUT2D eigenvalue weighted by Crippen LogP contribution is -2.47. The summed E-state index contributed by atoms with van der Waals surface area (Å²) in [6, 6.07) is 9.73. The molecule has 0 aliphatic carbocycles. The van der Waals surface area contributed by atoms with Gasteiger partial charge < -0.3 is 4.74 Å². The summed E-state index contributed by atoms with van der Waals surface area (Å²) in [5, 5.41) is 0. The van der Waals surface area contributed by atoms with E-state index in [9.17, 15) is 26.8 Å². The summed E-state index contributed by atoms with van der Waals surface area (Å²) in [6.45, 7) is 1.35. The molecule has 2 amide bonds. The molecule has 0 aliphatic rings. The average molecular weight is 412 g/mol. The first-order valence-corrected chi connectivity index (χ1v) is 9.82. The summed E-state index contributed by atoms with van der Waals surface area (Å²) in [4.78, 5) is 23.5. The number of benzene rings is 2. The molecule has 0 aromatic heterocycles. The topological polar surface area (TPSA) is 102 Å². The predicted molar refractivity (Wildman–Crippen MR) is 95.8 cm³/mol. The van der Waals surface area contributed by atoms with Crippen molar-refractivity contribution in [3.63, 3.8) is 0 Å². The Morgan fingerprint density at radius 2 is 1.68 bits per heavy atom. The quantitative estimate of drug-likeness (QED) is 0.533. The first-order chi connectivity index (χ1) is 13.2. The summed E-state index contributed by atoms with van der Waals surface area (Å²) in [5.74, 6) is -3.37. The second-order valence-electron chi connectivity index (χ2n) is 5.75. The number of rotatable bonds is 7. The molecule has 150 valence electrons. The van der Waals surface area contributed by atoms with E-state index in [1.54, 1.807) is 0 Å². The van der Waals surface area contributed by atoms with Crippen LogP contribution in [0.25, 0.3) is 0 Å². The Morgan fingerprint density at radius 3 is 2.32 bits per heavy atom. The number of para-hydroxylation sites is 1. The number of nitrogens with one attached hydrogen (secondary N) is 2. The molecule has 2 N–H and O–H groups in total. The van der Waals surface area contributed by atoms with Crippen LogP contribution in [-0.2, 0) is 19.4 Å². The fraction of sp³-hybridized carbons (Fsp3) is 0.222. The summed E-state index contributed by atoms with van der Waals surface area (Å²) in [7, 11) is -3.78. The molecule has 2 rings (SSSR count). The standard InChI is InChI=1S/C18H18F2N2O5S/c1-12(27-16-5-3-2-4-15(16)20)18(24)22-21-17(23)10-11-28(25,26)14-8-6-13(19)7-9-14/h2-9,12H,10-11H2,1H3,(H,21,23)(H,22,24)/t12-/m1/s1. The molecule has 0 unspecified atom stereocenters. The van der Waals surface area contributed by atoms with E-state index < -0.39 is 51.6 Å². The minimum atomic E-state index is -3.78. The van der Waals surface area contributed by atoms with Crippen molar-refractivity contribution in [2.24, 2.45) is 0 Å². The van der Waals surface area contributed by atoms with E-state index >= 15 is 0 Å². The smallest absolute Gasteiger partial charge is 0.279 e. The maximum Gasteiger partial charge on any atom is 0.279 e. The van der Waals surface area contributed by atoms with Gasteiger partial charge in [-0.3, -0.25) is 20.4 Å². The van der Waals surface area contributed by atoms with Gasteiger partial charge in [0.1, 0.15) is 5.82 Å². The predicted octanol–water partition coefficient (Wildman–Crippen LogP) is 1.74. The van der Waals surface area contributed by atoms with E-state index in [1.807, 2.05) is 0 Å². The molecular weight excluding hydrogens is 394 g/mol. The zero-order valence-electron chi connectivity index (χ0n) is 14.8. The van der Waals surface area contributed by atoms with Crippen LogP contribution in [0.4, 0.5) is 8.78 Å². The van der Waals surface area contributed by atoms with Gasteiger partial charge in [0.2, 0.25) is 5.91 Å². The number of hydrogen-bond donors (Lipinski definition) is 2. The molecule has 0 aliphatic heterocycles. The van der Waals surface area contributed by atoms with Crippen LogP contribution in [0.1, 0.15) is 13.3 Å². The number of sulfone groups is 1. The van der Waals surface area contributed by atoms with Crippen LogP contribution in [0.15, 0.2) is 53.4 Å². The third kappa shape index (κ3) is 6.02. The van der Waals surface area contributed by atoms with Gasteiger partial charge in [0, 0.05) is 6.42 Å². The molecule has 0 heterocycles. The van der Waals surface area contributed by atoms with Gasteiger partial charge in [0.05, 0.1) is 10.6 Å². The highest BCUT2D eigenvalue weighted by Crippen LogP contribution is 2.17. The van der Waals surface area contributed by atoms with Crippen molar-refractivity contribution < 1.29 is 31.5 Å².